The zero-order chi connectivity index (χ0) is 19.8. The third kappa shape index (κ3) is 6.25. The van der Waals surface area contributed by atoms with Gasteiger partial charge >= 0.3 is 6.03 Å². The molecule has 0 fully saturated rings. The average Bonchev–Trinajstić information content (AvgIpc) is 2.67. The third-order valence-electron chi connectivity index (χ3n) is 3.97. The van der Waals surface area contributed by atoms with Crippen LogP contribution in [0.1, 0.15) is 12.0 Å². The monoisotopic (exact) mass is 437 g/mol. The highest BCUT2D eigenvalue weighted by Crippen LogP contribution is 2.17. The van der Waals surface area contributed by atoms with Crippen molar-refractivity contribution in [2.24, 2.45) is 0 Å². The van der Waals surface area contributed by atoms with Crippen molar-refractivity contribution in [3.63, 3.8) is 0 Å². The van der Waals surface area contributed by atoms with Gasteiger partial charge in [-0.15, -0.1) is 0 Å². The van der Waals surface area contributed by atoms with Crippen LogP contribution in [0.2, 0.25) is 0 Å². The van der Waals surface area contributed by atoms with Gasteiger partial charge in [0.05, 0.1) is 0 Å². The standard InChI is InChI=1S/C22H20BrN3O2/c23-17-7-4-6-16(14-17)12-13-21(27)24-19-10-5-11-20(15-19)26-22(28)25-18-8-2-1-3-9-18/h1-11,14-15H,12-13H2,(H,24,27)(H2,25,26,28). The molecule has 0 bridgehead atoms. The van der Waals surface area contributed by atoms with Gasteiger partial charge in [0.1, 0.15) is 0 Å². The first-order valence-corrected chi connectivity index (χ1v) is 9.65. The van der Waals surface area contributed by atoms with Crippen LogP contribution < -0.4 is 16.0 Å². The number of anilines is 3. The predicted molar refractivity (Wildman–Crippen MR) is 117 cm³/mol. The number of carbonyl (C=O) groups excluding carboxylic acids is 2. The molecule has 0 aliphatic rings. The molecule has 3 rings (SSSR count). The van der Waals surface area contributed by atoms with Gasteiger partial charge < -0.3 is 16.0 Å². The molecule has 0 unspecified atom stereocenters. The minimum absolute atomic E-state index is 0.0779. The maximum atomic E-state index is 12.2. The zero-order valence-electron chi connectivity index (χ0n) is 15.1. The minimum atomic E-state index is -0.343. The van der Waals surface area contributed by atoms with E-state index in [2.05, 4.69) is 31.9 Å². The van der Waals surface area contributed by atoms with Crippen LogP contribution in [-0.2, 0) is 11.2 Å². The fourth-order valence-corrected chi connectivity index (χ4v) is 3.11. The summed E-state index contributed by atoms with van der Waals surface area (Å²) >= 11 is 3.43. The third-order valence-corrected chi connectivity index (χ3v) is 4.46. The summed E-state index contributed by atoms with van der Waals surface area (Å²) in [6.45, 7) is 0. The van der Waals surface area contributed by atoms with Crippen molar-refractivity contribution >= 4 is 44.9 Å². The number of benzene rings is 3. The van der Waals surface area contributed by atoms with E-state index >= 15 is 0 Å². The Bertz CT molecular complexity index is 961. The van der Waals surface area contributed by atoms with Crippen LogP contribution in [0, 0.1) is 0 Å². The normalized spacial score (nSPS) is 10.2. The van der Waals surface area contributed by atoms with Gasteiger partial charge in [0.25, 0.3) is 0 Å². The lowest BCUT2D eigenvalue weighted by Gasteiger charge is -2.10. The number of amides is 3. The fourth-order valence-electron chi connectivity index (χ4n) is 2.66. The van der Waals surface area contributed by atoms with Crippen LogP contribution in [-0.4, -0.2) is 11.9 Å². The molecule has 0 radical (unpaired) electrons. The highest BCUT2D eigenvalue weighted by atomic mass is 79.9. The zero-order valence-corrected chi connectivity index (χ0v) is 16.7. The number of aryl methyl sites for hydroxylation is 1. The predicted octanol–water partition coefficient (Wildman–Crippen LogP) is 5.66. The van der Waals surface area contributed by atoms with E-state index in [0.717, 1.165) is 10.0 Å². The largest absolute Gasteiger partial charge is 0.326 e. The van der Waals surface area contributed by atoms with Gasteiger partial charge in [0.2, 0.25) is 5.91 Å². The molecule has 0 atom stereocenters. The van der Waals surface area contributed by atoms with E-state index < -0.39 is 0 Å². The van der Waals surface area contributed by atoms with Crippen LogP contribution in [0.25, 0.3) is 0 Å². The molecule has 28 heavy (non-hydrogen) atoms. The Morgan fingerprint density at radius 2 is 1.36 bits per heavy atom. The first-order valence-electron chi connectivity index (χ1n) is 8.86. The molecule has 0 aliphatic heterocycles. The second-order valence-electron chi connectivity index (χ2n) is 6.20. The summed E-state index contributed by atoms with van der Waals surface area (Å²) in [6, 6.07) is 23.8. The summed E-state index contributed by atoms with van der Waals surface area (Å²) in [5, 5.41) is 8.38. The number of hydrogen-bond donors (Lipinski definition) is 3. The number of rotatable bonds is 6. The SMILES string of the molecule is O=C(CCc1cccc(Br)c1)Nc1cccc(NC(=O)Nc2ccccc2)c1. The maximum Gasteiger partial charge on any atom is 0.323 e. The first kappa shape index (κ1) is 19.6. The molecule has 142 valence electrons. The molecule has 3 amide bonds. The van der Waals surface area contributed by atoms with Crippen molar-refractivity contribution in [3.05, 3.63) is 88.9 Å². The quantitative estimate of drug-likeness (QED) is 0.465. The lowest BCUT2D eigenvalue weighted by atomic mass is 10.1. The summed E-state index contributed by atoms with van der Waals surface area (Å²) in [7, 11) is 0. The lowest BCUT2D eigenvalue weighted by Crippen LogP contribution is -2.19. The van der Waals surface area contributed by atoms with E-state index in [1.807, 2.05) is 54.6 Å². The molecule has 0 saturated heterocycles. The highest BCUT2D eigenvalue weighted by molar-refractivity contribution is 9.10. The van der Waals surface area contributed by atoms with Gasteiger partial charge in [-0.1, -0.05) is 52.3 Å². The van der Waals surface area contributed by atoms with Crippen molar-refractivity contribution in [3.8, 4) is 0 Å². The summed E-state index contributed by atoms with van der Waals surface area (Å²) in [5.41, 5.74) is 3.03. The molecule has 5 nitrogen and oxygen atoms in total. The van der Waals surface area contributed by atoms with Gasteiger partial charge in [-0.25, -0.2) is 4.79 Å². The Hall–Kier alpha value is -3.12. The molecule has 3 N–H and O–H groups in total. The van der Waals surface area contributed by atoms with Gasteiger partial charge in [0.15, 0.2) is 0 Å². The fraction of sp³-hybridized carbons (Fsp3) is 0.0909. The second kappa shape index (κ2) is 9.71. The highest BCUT2D eigenvalue weighted by Gasteiger charge is 2.06. The van der Waals surface area contributed by atoms with Gasteiger partial charge in [-0.05, 0) is 54.4 Å². The molecule has 3 aromatic carbocycles. The van der Waals surface area contributed by atoms with E-state index in [1.54, 1.807) is 24.3 Å². The molecule has 0 spiro atoms. The molecule has 0 heterocycles. The molecule has 3 aromatic rings. The lowest BCUT2D eigenvalue weighted by molar-refractivity contribution is -0.116. The number of para-hydroxylation sites is 1. The van der Waals surface area contributed by atoms with Crippen molar-refractivity contribution in [2.45, 2.75) is 12.8 Å². The Balaban J connectivity index is 1.52. The summed E-state index contributed by atoms with van der Waals surface area (Å²) in [5.74, 6) is -0.0779. The first-order chi connectivity index (χ1) is 13.6. The van der Waals surface area contributed by atoms with Crippen molar-refractivity contribution in [1.82, 2.24) is 0 Å². The van der Waals surface area contributed by atoms with Gasteiger partial charge in [0, 0.05) is 28.0 Å². The smallest absolute Gasteiger partial charge is 0.323 e. The molecular weight excluding hydrogens is 418 g/mol. The van der Waals surface area contributed by atoms with Crippen molar-refractivity contribution in [1.29, 1.82) is 0 Å². The van der Waals surface area contributed by atoms with E-state index in [4.69, 9.17) is 0 Å². The Kier molecular flexibility index (Phi) is 6.81. The molecule has 0 saturated carbocycles. The van der Waals surface area contributed by atoms with Crippen LogP contribution in [0.4, 0.5) is 21.9 Å². The molecule has 0 aromatic heterocycles. The van der Waals surface area contributed by atoms with Crippen molar-refractivity contribution < 1.29 is 9.59 Å². The van der Waals surface area contributed by atoms with E-state index in [-0.39, 0.29) is 11.9 Å². The number of carbonyl (C=O) groups is 2. The summed E-state index contributed by atoms with van der Waals surface area (Å²) in [4.78, 5) is 24.3. The number of halogens is 1. The van der Waals surface area contributed by atoms with Crippen molar-refractivity contribution in [2.75, 3.05) is 16.0 Å². The van der Waals surface area contributed by atoms with Crippen LogP contribution >= 0.6 is 15.9 Å². The second-order valence-corrected chi connectivity index (χ2v) is 7.12. The Morgan fingerprint density at radius 3 is 2.11 bits per heavy atom. The molecular formula is C22H20BrN3O2. The molecule has 0 aliphatic carbocycles. The van der Waals surface area contributed by atoms with E-state index in [1.165, 1.54) is 0 Å². The Morgan fingerprint density at radius 1 is 0.714 bits per heavy atom. The minimum Gasteiger partial charge on any atom is -0.326 e. The number of urea groups is 1. The van der Waals surface area contributed by atoms with E-state index in [9.17, 15) is 9.59 Å². The maximum absolute atomic E-state index is 12.2. The van der Waals surface area contributed by atoms with Gasteiger partial charge in [-0.2, -0.15) is 0 Å². The van der Waals surface area contributed by atoms with Crippen LogP contribution in [0.3, 0.4) is 0 Å². The van der Waals surface area contributed by atoms with E-state index in [0.29, 0.717) is 29.9 Å². The van der Waals surface area contributed by atoms with Crippen LogP contribution in [0.5, 0.6) is 0 Å². The molecule has 6 heteroatoms. The topological polar surface area (TPSA) is 70.2 Å². The summed E-state index contributed by atoms with van der Waals surface area (Å²) < 4.78 is 0.998. The number of hydrogen-bond acceptors (Lipinski definition) is 2. The number of nitrogens with one attached hydrogen (secondary N) is 3. The van der Waals surface area contributed by atoms with Gasteiger partial charge in [-0.3, -0.25) is 4.79 Å². The van der Waals surface area contributed by atoms with Crippen LogP contribution in [0.15, 0.2) is 83.3 Å². The average molecular weight is 438 g/mol. The summed E-state index contributed by atoms with van der Waals surface area (Å²) in [6.07, 6.45) is 1.03. The Labute approximate surface area is 172 Å².